The molecule has 0 aliphatic carbocycles. The van der Waals surface area contributed by atoms with Crippen LogP contribution in [0.25, 0.3) is 0 Å². The second-order valence-electron chi connectivity index (χ2n) is 5.48. The van der Waals surface area contributed by atoms with Crippen LogP contribution in [0.3, 0.4) is 0 Å². The van der Waals surface area contributed by atoms with Gasteiger partial charge >= 0.3 is 0 Å². The van der Waals surface area contributed by atoms with Gasteiger partial charge in [0.15, 0.2) is 0 Å². The molecular formula is C18H19F2NO. The first kappa shape index (κ1) is 16.1. The number of nitrogens with one attached hydrogen (secondary N) is 1. The van der Waals surface area contributed by atoms with E-state index in [0.29, 0.717) is 24.9 Å². The maximum Gasteiger partial charge on any atom is 0.224 e. The Morgan fingerprint density at radius 1 is 1.05 bits per heavy atom. The Labute approximate surface area is 129 Å². The van der Waals surface area contributed by atoms with Crippen molar-refractivity contribution >= 4 is 5.91 Å². The minimum absolute atomic E-state index is 0.0921. The third kappa shape index (κ3) is 4.65. The molecule has 0 spiro atoms. The van der Waals surface area contributed by atoms with Crippen LogP contribution in [0.15, 0.2) is 36.4 Å². The van der Waals surface area contributed by atoms with Crippen LogP contribution >= 0.6 is 0 Å². The number of benzene rings is 2. The molecule has 0 atom stereocenters. The number of hydrogen-bond acceptors (Lipinski definition) is 1. The van der Waals surface area contributed by atoms with Crippen molar-refractivity contribution in [3.63, 3.8) is 0 Å². The normalized spacial score (nSPS) is 10.5. The van der Waals surface area contributed by atoms with E-state index in [4.69, 9.17) is 0 Å². The smallest absolute Gasteiger partial charge is 0.224 e. The number of carbonyl (C=O) groups excluding carboxylic acids is 1. The lowest BCUT2D eigenvalue weighted by Gasteiger charge is -2.09. The highest BCUT2D eigenvalue weighted by Gasteiger charge is 2.07. The zero-order chi connectivity index (χ0) is 16.1. The number of amides is 1. The van der Waals surface area contributed by atoms with Crippen LogP contribution in [0.2, 0.25) is 0 Å². The molecule has 0 saturated carbocycles. The highest BCUT2D eigenvalue weighted by Crippen LogP contribution is 2.11. The Bertz CT molecular complexity index is 663. The van der Waals surface area contributed by atoms with Gasteiger partial charge in [0.2, 0.25) is 5.91 Å². The topological polar surface area (TPSA) is 29.1 Å². The first-order valence-corrected chi connectivity index (χ1v) is 7.22. The van der Waals surface area contributed by atoms with Gasteiger partial charge in [0.1, 0.15) is 11.6 Å². The van der Waals surface area contributed by atoms with E-state index in [1.54, 1.807) is 0 Å². The molecule has 0 bridgehead atoms. The van der Waals surface area contributed by atoms with E-state index < -0.39 is 11.6 Å². The van der Waals surface area contributed by atoms with Gasteiger partial charge in [-0.05, 0) is 49.1 Å². The Balaban J connectivity index is 1.86. The summed E-state index contributed by atoms with van der Waals surface area (Å²) in [5, 5.41) is 2.78. The van der Waals surface area contributed by atoms with E-state index in [1.807, 2.05) is 32.0 Å². The molecule has 0 aliphatic rings. The van der Waals surface area contributed by atoms with Crippen molar-refractivity contribution in [2.45, 2.75) is 26.7 Å². The summed E-state index contributed by atoms with van der Waals surface area (Å²) < 4.78 is 26.1. The molecule has 4 heteroatoms. The SMILES string of the molecule is Cc1ccc(C)c(CC(=O)NCCc2cc(F)cc(F)c2)c1. The van der Waals surface area contributed by atoms with E-state index >= 15 is 0 Å². The number of rotatable bonds is 5. The fourth-order valence-electron chi connectivity index (χ4n) is 2.33. The average Bonchev–Trinajstić information content (AvgIpc) is 2.42. The summed E-state index contributed by atoms with van der Waals surface area (Å²) in [6.45, 7) is 4.31. The lowest BCUT2D eigenvalue weighted by molar-refractivity contribution is -0.120. The largest absolute Gasteiger partial charge is 0.355 e. The minimum Gasteiger partial charge on any atom is -0.355 e. The number of carbonyl (C=O) groups is 1. The molecule has 1 N–H and O–H groups in total. The monoisotopic (exact) mass is 303 g/mol. The van der Waals surface area contributed by atoms with Crippen molar-refractivity contribution in [3.8, 4) is 0 Å². The van der Waals surface area contributed by atoms with Gasteiger partial charge in [-0.1, -0.05) is 23.8 Å². The molecular weight excluding hydrogens is 284 g/mol. The molecule has 0 aliphatic heterocycles. The van der Waals surface area contributed by atoms with E-state index in [0.717, 1.165) is 22.8 Å². The standard InChI is InChI=1S/C18H19F2NO/c1-12-3-4-13(2)15(7-12)10-18(22)21-6-5-14-8-16(19)11-17(20)9-14/h3-4,7-9,11H,5-6,10H2,1-2H3,(H,21,22). The Morgan fingerprint density at radius 2 is 1.73 bits per heavy atom. The van der Waals surface area contributed by atoms with E-state index in [1.165, 1.54) is 12.1 Å². The molecule has 2 aromatic carbocycles. The van der Waals surface area contributed by atoms with Crippen molar-refractivity contribution in [2.24, 2.45) is 0 Å². The van der Waals surface area contributed by atoms with Gasteiger partial charge in [-0.3, -0.25) is 4.79 Å². The Hall–Kier alpha value is -2.23. The van der Waals surface area contributed by atoms with Gasteiger partial charge in [0.05, 0.1) is 6.42 Å². The highest BCUT2D eigenvalue weighted by molar-refractivity contribution is 5.79. The lowest BCUT2D eigenvalue weighted by atomic mass is 10.0. The average molecular weight is 303 g/mol. The first-order valence-electron chi connectivity index (χ1n) is 7.22. The Kier molecular flexibility index (Phi) is 5.26. The van der Waals surface area contributed by atoms with Crippen LogP contribution < -0.4 is 5.32 Å². The predicted molar refractivity (Wildman–Crippen MR) is 82.7 cm³/mol. The van der Waals surface area contributed by atoms with Crippen LogP contribution in [0.5, 0.6) is 0 Å². The molecule has 116 valence electrons. The molecule has 0 aromatic heterocycles. The van der Waals surface area contributed by atoms with Gasteiger partial charge in [-0.15, -0.1) is 0 Å². The van der Waals surface area contributed by atoms with Crippen molar-refractivity contribution in [2.75, 3.05) is 6.54 Å². The van der Waals surface area contributed by atoms with E-state index in [2.05, 4.69) is 5.32 Å². The molecule has 1 amide bonds. The first-order chi connectivity index (χ1) is 10.4. The molecule has 2 aromatic rings. The van der Waals surface area contributed by atoms with Crippen LogP contribution in [0.4, 0.5) is 8.78 Å². The van der Waals surface area contributed by atoms with Crippen molar-refractivity contribution in [1.82, 2.24) is 5.32 Å². The quantitative estimate of drug-likeness (QED) is 0.900. The molecule has 0 unspecified atom stereocenters. The van der Waals surface area contributed by atoms with E-state index in [-0.39, 0.29) is 5.91 Å². The fraction of sp³-hybridized carbons (Fsp3) is 0.278. The van der Waals surface area contributed by atoms with E-state index in [9.17, 15) is 13.6 Å². The summed E-state index contributed by atoms with van der Waals surface area (Å²) in [7, 11) is 0. The van der Waals surface area contributed by atoms with Gasteiger partial charge in [0.25, 0.3) is 0 Å². The second kappa shape index (κ2) is 7.16. The predicted octanol–water partition coefficient (Wildman–Crippen LogP) is 3.48. The summed E-state index contributed by atoms with van der Waals surface area (Å²) >= 11 is 0. The van der Waals surface area contributed by atoms with Gasteiger partial charge in [-0.2, -0.15) is 0 Å². The maximum absolute atomic E-state index is 13.1. The molecule has 22 heavy (non-hydrogen) atoms. The third-order valence-corrected chi connectivity index (χ3v) is 3.51. The lowest BCUT2D eigenvalue weighted by Crippen LogP contribution is -2.27. The molecule has 2 rings (SSSR count). The molecule has 0 saturated heterocycles. The summed E-state index contributed by atoms with van der Waals surface area (Å²) in [6, 6.07) is 9.39. The fourth-order valence-corrected chi connectivity index (χ4v) is 2.33. The number of hydrogen-bond donors (Lipinski definition) is 1. The molecule has 0 heterocycles. The van der Waals surface area contributed by atoms with Crippen LogP contribution in [0.1, 0.15) is 22.3 Å². The van der Waals surface area contributed by atoms with Gasteiger partial charge < -0.3 is 5.32 Å². The minimum atomic E-state index is -0.600. The number of halogens is 2. The van der Waals surface area contributed by atoms with Crippen LogP contribution in [-0.2, 0) is 17.6 Å². The third-order valence-electron chi connectivity index (χ3n) is 3.51. The van der Waals surface area contributed by atoms with Crippen LogP contribution in [-0.4, -0.2) is 12.5 Å². The van der Waals surface area contributed by atoms with Crippen molar-refractivity contribution in [1.29, 1.82) is 0 Å². The summed E-state index contributed by atoms with van der Waals surface area (Å²) in [6.07, 6.45) is 0.707. The second-order valence-corrected chi connectivity index (χ2v) is 5.48. The molecule has 0 radical (unpaired) electrons. The van der Waals surface area contributed by atoms with Crippen molar-refractivity contribution < 1.29 is 13.6 Å². The highest BCUT2D eigenvalue weighted by atomic mass is 19.1. The molecule has 2 nitrogen and oxygen atoms in total. The summed E-state index contributed by atoms with van der Waals surface area (Å²) in [4.78, 5) is 11.9. The zero-order valence-corrected chi connectivity index (χ0v) is 12.7. The van der Waals surface area contributed by atoms with Gasteiger partial charge in [-0.25, -0.2) is 8.78 Å². The van der Waals surface area contributed by atoms with Crippen LogP contribution in [0, 0.1) is 25.5 Å². The molecule has 0 fully saturated rings. The van der Waals surface area contributed by atoms with Gasteiger partial charge in [0, 0.05) is 12.6 Å². The number of aryl methyl sites for hydroxylation is 2. The summed E-state index contributed by atoms with van der Waals surface area (Å²) in [5.41, 5.74) is 3.72. The Morgan fingerprint density at radius 3 is 2.41 bits per heavy atom. The van der Waals surface area contributed by atoms with Crippen molar-refractivity contribution in [3.05, 3.63) is 70.3 Å². The summed E-state index contributed by atoms with van der Waals surface area (Å²) in [5.74, 6) is -1.29. The zero-order valence-electron chi connectivity index (χ0n) is 12.7. The maximum atomic E-state index is 13.1.